The van der Waals surface area contributed by atoms with E-state index in [9.17, 15) is 4.79 Å². The van der Waals surface area contributed by atoms with Crippen LogP contribution in [-0.4, -0.2) is 10.9 Å². The molecule has 0 saturated carbocycles. The third-order valence-corrected chi connectivity index (χ3v) is 3.42. The summed E-state index contributed by atoms with van der Waals surface area (Å²) >= 11 is 0. The van der Waals surface area contributed by atoms with Crippen molar-refractivity contribution in [3.8, 4) is 0 Å². The van der Waals surface area contributed by atoms with Crippen molar-refractivity contribution in [1.29, 1.82) is 0 Å². The van der Waals surface area contributed by atoms with Gasteiger partial charge in [0.05, 0.1) is 11.6 Å². The summed E-state index contributed by atoms with van der Waals surface area (Å²) in [7, 11) is 0. The zero-order valence-corrected chi connectivity index (χ0v) is 12.2. The molecule has 1 N–H and O–H groups in total. The average molecular weight is 292 g/mol. The monoisotopic (exact) mass is 292 g/mol. The predicted molar refractivity (Wildman–Crippen MR) is 83.4 cm³/mol. The van der Waals surface area contributed by atoms with E-state index in [2.05, 4.69) is 10.3 Å². The second-order valence-electron chi connectivity index (χ2n) is 5.05. The van der Waals surface area contributed by atoms with Crippen LogP contribution in [0.1, 0.15) is 33.3 Å². The molecule has 0 aliphatic heterocycles. The summed E-state index contributed by atoms with van der Waals surface area (Å²) < 4.78 is 5.21. The Morgan fingerprint density at radius 1 is 1.14 bits per heavy atom. The number of carbonyl (C=O) groups excluding carboxylic acids is 1. The van der Waals surface area contributed by atoms with E-state index in [0.29, 0.717) is 11.3 Å². The maximum Gasteiger partial charge on any atom is 0.255 e. The van der Waals surface area contributed by atoms with Crippen LogP contribution < -0.4 is 5.32 Å². The molecule has 1 atom stereocenters. The normalized spacial score (nSPS) is 11.9. The van der Waals surface area contributed by atoms with Crippen molar-refractivity contribution >= 4 is 5.91 Å². The molecule has 3 aromatic rings. The Morgan fingerprint density at radius 3 is 2.55 bits per heavy atom. The smallest absolute Gasteiger partial charge is 0.255 e. The standard InChI is InChI=1S/C18H16N2O2/c1-13-10-16(12-22-13)18(21)20-17(14-6-3-2-4-7-14)15-8-5-9-19-11-15/h2-12,17H,1H3,(H,20,21). The van der Waals surface area contributed by atoms with E-state index in [0.717, 1.165) is 11.1 Å². The molecule has 0 aliphatic carbocycles. The largest absolute Gasteiger partial charge is 0.469 e. The zero-order chi connectivity index (χ0) is 15.4. The van der Waals surface area contributed by atoms with Gasteiger partial charge in [0.1, 0.15) is 12.0 Å². The van der Waals surface area contributed by atoms with Gasteiger partial charge in [-0.1, -0.05) is 36.4 Å². The van der Waals surface area contributed by atoms with E-state index in [-0.39, 0.29) is 11.9 Å². The van der Waals surface area contributed by atoms with E-state index in [4.69, 9.17) is 4.42 Å². The number of rotatable bonds is 4. The number of aryl methyl sites for hydroxylation is 1. The number of amides is 1. The Bertz CT molecular complexity index is 712. The van der Waals surface area contributed by atoms with Crippen LogP contribution in [0.2, 0.25) is 0 Å². The maximum absolute atomic E-state index is 12.4. The summed E-state index contributed by atoms with van der Waals surface area (Å²) in [6.07, 6.45) is 4.95. The fraction of sp³-hybridized carbons (Fsp3) is 0.111. The highest BCUT2D eigenvalue weighted by Crippen LogP contribution is 2.22. The number of hydrogen-bond acceptors (Lipinski definition) is 3. The van der Waals surface area contributed by atoms with Crippen molar-refractivity contribution in [1.82, 2.24) is 10.3 Å². The summed E-state index contributed by atoms with van der Waals surface area (Å²) in [5, 5.41) is 3.04. The zero-order valence-electron chi connectivity index (χ0n) is 12.2. The fourth-order valence-electron chi connectivity index (χ4n) is 2.33. The Morgan fingerprint density at radius 2 is 1.91 bits per heavy atom. The van der Waals surface area contributed by atoms with Crippen LogP contribution >= 0.6 is 0 Å². The number of furan rings is 1. The quantitative estimate of drug-likeness (QED) is 0.800. The molecule has 0 saturated heterocycles. The summed E-state index contributed by atoms with van der Waals surface area (Å²) in [5.41, 5.74) is 2.45. The number of carbonyl (C=O) groups is 1. The number of nitrogens with one attached hydrogen (secondary N) is 1. The van der Waals surface area contributed by atoms with Crippen molar-refractivity contribution < 1.29 is 9.21 Å². The minimum Gasteiger partial charge on any atom is -0.469 e. The highest BCUT2D eigenvalue weighted by molar-refractivity contribution is 5.94. The van der Waals surface area contributed by atoms with Gasteiger partial charge in [-0.3, -0.25) is 9.78 Å². The SMILES string of the molecule is Cc1cc(C(=O)NC(c2ccccc2)c2cccnc2)co1. The molecule has 110 valence electrons. The molecule has 4 nitrogen and oxygen atoms in total. The first-order valence-corrected chi connectivity index (χ1v) is 7.05. The molecule has 1 unspecified atom stereocenters. The summed E-state index contributed by atoms with van der Waals surface area (Å²) in [4.78, 5) is 16.6. The lowest BCUT2D eigenvalue weighted by molar-refractivity contribution is 0.0942. The molecule has 0 spiro atoms. The Kier molecular flexibility index (Phi) is 4.01. The lowest BCUT2D eigenvalue weighted by Crippen LogP contribution is -2.29. The minimum atomic E-state index is -0.252. The van der Waals surface area contributed by atoms with Gasteiger partial charge in [-0.15, -0.1) is 0 Å². The minimum absolute atomic E-state index is 0.172. The van der Waals surface area contributed by atoms with Gasteiger partial charge in [-0.05, 0) is 30.2 Å². The second-order valence-corrected chi connectivity index (χ2v) is 5.05. The van der Waals surface area contributed by atoms with Crippen molar-refractivity contribution in [3.63, 3.8) is 0 Å². The molecular formula is C18H16N2O2. The van der Waals surface area contributed by atoms with Crippen molar-refractivity contribution in [2.75, 3.05) is 0 Å². The van der Waals surface area contributed by atoms with Gasteiger partial charge < -0.3 is 9.73 Å². The number of benzene rings is 1. The molecular weight excluding hydrogens is 276 g/mol. The van der Waals surface area contributed by atoms with E-state index in [1.54, 1.807) is 18.5 Å². The molecule has 1 amide bonds. The molecule has 22 heavy (non-hydrogen) atoms. The van der Waals surface area contributed by atoms with E-state index in [1.807, 2.05) is 49.4 Å². The molecule has 4 heteroatoms. The van der Waals surface area contributed by atoms with Gasteiger partial charge in [-0.25, -0.2) is 0 Å². The Hall–Kier alpha value is -2.88. The third kappa shape index (κ3) is 3.06. The molecule has 3 rings (SSSR count). The first-order chi connectivity index (χ1) is 10.7. The van der Waals surface area contributed by atoms with Crippen molar-refractivity contribution in [2.24, 2.45) is 0 Å². The molecule has 0 fully saturated rings. The summed E-state index contributed by atoms with van der Waals surface area (Å²) in [6.45, 7) is 1.81. The molecule has 0 aliphatic rings. The van der Waals surface area contributed by atoms with Gasteiger partial charge in [0.2, 0.25) is 0 Å². The summed E-state index contributed by atoms with van der Waals surface area (Å²) in [5.74, 6) is 0.539. The van der Waals surface area contributed by atoms with Crippen LogP contribution in [-0.2, 0) is 0 Å². The van der Waals surface area contributed by atoms with E-state index >= 15 is 0 Å². The van der Waals surface area contributed by atoms with Crippen LogP contribution in [0.5, 0.6) is 0 Å². The Labute approximate surface area is 128 Å². The lowest BCUT2D eigenvalue weighted by atomic mass is 10.00. The number of aromatic nitrogens is 1. The molecule has 0 radical (unpaired) electrons. The number of nitrogens with zero attached hydrogens (tertiary/aromatic N) is 1. The van der Waals surface area contributed by atoms with Crippen LogP contribution in [0.25, 0.3) is 0 Å². The highest BCUT2D eigenvalue weighted by Gasteiger charge is 2.18. The van der Waals surface area contributed by atoms with Crippen molar-refractivity contribution in [3.05, 3.63) is 89.6 Å². The van der Waals surface area contributed by atoms with E-state index in [1.165, 1.54) is 6.26 Å². The molecule has 1 aromatic carbocycles. The average Bonchev–Trinajstić information content (AvgIpc) is 3.01. The fourth-order valence-corrected chi connectivity index (χ4v) is 2.33. The van der Waals surface area contributed by atoms with E-state index < -0.39 is 0 Å². The predicted octanol–water partition coefficient (Wildman–Crippen LogP) is 3.50. The second kappa shape index (κ2) is 6.26. The maximum atomic E-state index is 12.4. The first-order valence-electron chi connectivity index (χ1n) is 7.05. The summed E-state index contributed by atoms with van der Waals surface area (Å²) in [6, 6.07) is 15.1. The number of pyridine rings is 1. The highest BCUT2D eigenvalue weighted by atomic mass is 16.3. The Balaban J connectivity index is 1.91. The van der Waals surface area contributed by atoms with Gasteiger partial charge in [0.25, 0.3) is 5.91 Å². The molecule has 2 heterocycles. The van der Waals surface area contributed by atoms with Gasteiger partial charge in [0.15, 0.2) is 0 Å². The van der Waals surface area contributed by atoms with Crippen molar-refractivity contribution in [2.45, 2.75) is 13.0 Å². The van der Waals surface area contributed by atoms with Crippen LogP contribution in [0.3, 0.4) is 0 Å². The lowest BCUT2D eigenvalue weighted by Gasteiger charge is -2.19. The van der Waals surface area contributed by atoms with Gasteiger partial charge in [0, 0.05) is 12.4 Å². The third-order valence-electron chi connectivity index (χ3n) is 3.42. The van der Waals surface area contributed by atoms with Crippen LogP contribution in [0, 0.1) is 6.92 Å². The molecule has 2 aromatic heterocycles. The molecule has 0 bridgehead atoms. The van der Waals surface area contributed by atoms with Crippen LogP contribution in [0.4, 0.5) is 0 Å². The first kappa shape index (κ1) is 14.1. The van der Waals surface area contributed by atoms with Gasteiger partial charge >= 0.3 is 0 Å². The van der Waals surface area contributed by atoms with Crippen LogP contribution in [0.15, 0.2) is 71.6 Å². The topological polar surface area (TPSA) is 55.1 Å². The van der Waals surface area contributed by atoms with Gasteiger partial charge in [-0.2, -0.15) is 0 Å². The number of hydrogen-bond donors (Lipinski definition) is 1.